The first-order valence-electron chi connectivity index (χ1n) is 7.28. The van der Waals surface area contributed by atoms with Crippen molar-refractivity contribution in [2.24, 2.45) is 5.84 Å². The number of hydrazine groups is 1. The molecule has 1 saturated carbocycles. The van der Waals surface area contributed by atoms with Crippen LogP contribution in [-0.2, 0) is 4.74 Å². The topological polar surface area (TPSA) is 50.5 Å². The van der Waals surface area contributed by atoms with Crippen molar-refractivity contribution in [1.82, 2.24) is 10.3 Å². The first-order valence-corrected chi connectivity index (χ1v) is 7.28. The zero-order valence-electron chi connectivity index (χ0n) is 12.5. The van der Waals surface area contributed by atoms with E-state index in [9.17, 15) is 0 Å². The minimum absolute atomic E-state index is 0.139. The van der Waals surface area contributed by atoms with E-state index in [2.05, 4.69) is 38.3 Å². The molecular formula is C14H31N3O. The number of rotatable bonds is 6. The molecule has 0 amide bonds. The number of hydrogen-bond acceptors (Lipinski definition) is 4. The van der Waals surface area contributed by atoms with Gasteiger partial charge in [-0.05, 0) is 40.8 Å². The van der Waals surface area contributed by atoms with E-state index in [4.69, 9.17) is 10.6 Å². The van der Waals surface area contributed by atoms with Crippen LogP contribution in [0.5, 0.6) is 0 Å². The minimum Gasteiger partial charge on any atom is -0.377 e. The Kier molecular flexibility index (Phi) is 6.57. The van der Waals surface area contributed by atoms with Gasteiger partial charge >= 0.3 is 0 Å². The predicted molar refractivity (Wildman–Crippen MR) is 76.3 cm³/mol. The Morgan fingerprint density at radius 3 is 2.11 bits per heavy atom. The summed E-state index contributed by atoms with van der Waals surface area (Å²) in [5.74, 6) is 5.81. The summed E-state index contributed by atoms with van der Waals surface area (Å²) >= 11 is 0. The molecule has 1 unspecified atom stereocenters. The van der Waals surface area contributed by atoms with Gasteiger partial charge in [0.2, 0.25) is 0 Å². The van der Waals surface area contributed by atoms with Crippen LogP contribution in [0.3, 0.4) is 0 Å². The van der Waals surface area contributed by atoms with Crippen molar-refractivity contribution in [1.29, 1.82) is 0 Å². The van der Waals surface area contributed by atoms with Gasteiger partial charge in [-0.25, -0.2) is 0 Å². The number of nitrogens with zero attached hydrogens (tertiary/aromatic N) is 1. The Morgan fingerprint density at radius 1 is 1.17 bits per heavy atom. The number of ether oxygens (including phenoxy) is 1. The second-order valence-electron chi connectivity index (χ2n) is 6.01. The summed E-state index contributed by atoms with van der Waals surface area (Å²) in [6.07, 6.45) is 7.93. The zero-order valence-corrected chi connectivity index (χ0v) is 12.5. The smallest absolute Gasteiger partial charge is 0.0654 e. The summed E-state index contributed by atoms with van der Waals surface area (Å²) in [6, 6.07) is 0.202. The summed E-state index contributed by atoms with van der Waals surface area (Å²) in [7, 11) is 4.34. The van der Waals surface area contributed by atoms with Gasteiger partial charge in [0.25, 0.3) is 0 Å². The molecule has 0 spiro atoms. The summed E-state index contributed by atoms with van der Waals surface area (Å²) in [5, 5.41) is 0. The van der Waals surface area contributed by atoms with Crippen LogP contribution in [0, 0.1) is 0 Å². The highest BCUT2D eigenvalue weighted by Gasteiger charge is 2.40. The molecule has 4 heteroatoms. The Balaban J connectivity index is 2.78. The lowest BCUT2D eigenvalue weighted by Gasteiger charge is -2.45. The minimum atomic E-state index is 0.139. The van der Waals surface area contributed by atoms with E-state index in [-0.39, 0.29) is 17.7 Å². The molecule has 0 bridgehead atoms. The zero-order chi connectivity index (χ0) is 13.6. The van der Waals surface area contributed by atoms with Crippen LogP contribution >= 0.6 is 0 Å². The summed E-state index contributed by atoms with van der Waals surface area (Å²) in [5.41, 5.74) is 3.15. The van der Waals surface area contributed by atoms with Gasteiger partial charge in [0.1, 0.15) is 0 Å². The molecule has 0 aromatic carbocycles. The van der Waals surface area contributed by atoms with Crippen LogP contribution in [0.1, 0.15) is 52.4 Å². The fourth-order valence-corrected chi connectivity index (χ4v) is 3.10. The molecule has 1 atom stereocenters. The molecule has 1 fully saturated rings. The third kappa shape index (κ3) is 3.92. The summed E-state index contributed by atoms with van der Waals surface area (Å²) in [4.78, 5) is 2.35. The van der Waals surface area contributed by atoms with Gasteiger partial charge in [0, 0.05) is 5.54 Å². The van der Waals surface area contributed by atoms with Gasteiger partial charge in [-0.3, -0.25) is 11.3 Å². The first kappa shape index (κ1) is 15.9. The molecule has 0 radical (unpaired) electrons. The van der Waals surface area contributed by atoms with E-state index in [0.29, 0.717) is 6.61 Å². The maximum atomic E-state index is 5.81. The second kappa shape index (κ2) is 7.43. The number of likely N-dealkylation sites (N-methyl/N-ethyl adjacent to an activating group) is 1. The fourth-order valence-electron chi connectivity index (χ4n) is 3.10. The van der Waals surface area contributed by atoms with Gasteiger partial charge in [-0.2, -0.15) is 0 Å². The Morgan fingerprint density at radius 2 is 1.72 bits per heavy atom. The number of nitrogens with one attached hydrogen (secondary N) is 1. The first-order chi connectivity index (χ1) is 8.53. The van der Waals surface area contributed by atoms with Crippen molar-refractivity contribution in [3.05, 3.63) is 0 Å². The van der Waals surface area contributed by atoms with Gasteiger partial charge in [-0.1, -0.05) is 25.7 Å². The van der Waals surface area contributed by atoms with E-state index < -0.39 is 0 Å². The average Bonchev–Trinajstić information content (AvgIpc) is 2.56. The Labute approximate surface area is 112 Å². The molecule has 0 aliphatic heterocycles. The monoisotopic (exact) mass is 257 g/mol. The maximum absolute atomic E-state index is 5.81. The molecule has 1 rings (SSSR count). The van der Waals surface area contributed by atoms with Crippen LogP contribution in [0.25, 0.3) is 0 Å². The van der Waals surface area contributed by atoms with Crippen molar-refractivity contribution >= 4 is 0 Å². The largest absolute Gasteiger partial charge is 0.377 e. The number of nitrogens with two attached hydrogens (primary N) is 1. The SMILES string of the molecule is CC(C)OCC(NN)C1(N(C)C)CCCCCC1. The molecular weight excluding hydrogens is 226 g/mol. The van der Waals surface area contributed by atoms with E-state index in [1.807, 2.05) is 0 Å². The van der Waals surface area contributed by atoms with Crippen LogP contribution < -0.4 is 11.3 Å². The molecule has 0 saturated heterocycles. The van der Waals surface area contributed by atoms with E-state index in [0.717, 1.165) is 0 Å². The van der Waals surface area contributed by atoms with Crippen LogP contribution in [0.15, 0.2) is 0 Å². The van der Waals surface area contributed by atoms with Gasteiger partial charge < -0.3 is 9.64 Å². The molecule has 108 valence electrons. The molecule has 1 aliphatic carbocycles. The van der Waals surface area contributed by atoms with E-state index in [1.54, 1.807) is 0 Å². The average molecular weight is 257 g/mol. The highest BCUT2D eigenvalue weighted by Crippen LogP contribution is 2.34. The molecule has 0 aromatic heterocycles. The Hall–Kier alpha value is -0.160. The highest BCUT2D eigenvalue weighted by atomic mass is 16.5. The molecule has 1 aliphatic rings. The molecule has 3 N–H and O–H groups in total. The van der Waals surface area contributed by atoms with Gasteiger partial charge in [0.15, 0.2) is 0 Å². The third-order valence-corrected chi connectivity index (χ3v) is 4.31. The molecule has 18 heavy (non-hydrogen) atoms. The lowest BCUT2D eigenvalue weighted by molar-refractivity contribution is -0.000997. The highest BCUT2D eigenvalue weighted by molar-refractivity contribution is 4.99. The third-order valence-electron chi connectivity index (χ3n) is 4.31. The molecule has 4 nitrogen and oxygen atoms in total. The van der Waals surface area contributed by atoms with Gasteiger partial charge in [-0.15, -0.1) is 0 Å². The lowest BCUT2D eigenvalue weighted by atomic mass is 9.82. The molecule has 0 heterocycles. The van der Waals surface area contributed by atoms with Gasteiger partial charge in [0.05, 0.1) is 18.8 Å². The van der Waals surface area contributed by atoms with Crippen LogP contribution in [0.2, 0.25) is 0 Å². The predicted octanol–water partition coefficient (Wildman–Crippen LogP) is 1.90. The van der Waals surface area contributed by atoms with Crippen LogP contribution in [-0.4, -0.2) is 43.3 Å². The van der Waals surface area contributed by atoms with Crippen molar-refractivity contribution in [2.45, 2.75) is 70.1 Å². The van der Waals surface area contributed by atoms with Crippen molar-refractivity contribution in [3.63, 3.8) is 0 Å². The van der Waals surface area contributed by atoms with Crippen molar-refractivity contribution in [3.8, 4) is 0 Å². The van der Waals surface area contributed by atoms with E-state index in [1.165, 1.54) is 38.5 Å². The van der Waals surface area contributed by atoms with Crippen molar-refractivity contribution in [2.75, 3.05) is 20.7 Å². The molecule has 0 aromatic rings. The Bertz CT molecular complexity index is 223. The number of hydrogen-bond donors (Lipinski definition) is 2. The maximum Gasteiger partial charge on any atom is 0.0654 e. The van der Waals surface area contributed by atoms with E-state index >= 15 is 0 Å². The van der Waals surface area contributed by atoms with Crippen molar-refractivity contribution < 1.29 is 4.74 Å². The quantitative estimate of drug-likeness (QED) is 0.433. The summed E-state index contributed by atoms with van der Waals surface area (Å²) < 4.78 is 5.79. The fraction of sp³-hybridized carbons (Fsp3) is 1.00. The second-order valence-corrected chi connectivity index (χ2v) is 6.01. The lowest BCUT2D eigenvalue weighted by Crippen LogP contribution is -2.62. The standard InChI is InChI=1S/C14H31N3O/c1-12(2)18-11-13(16-15)14(17(3)4)9-7-5-6-8-10-14/h12-13,16H,5-11,15H2,1-4H3. The normalized spacial score (nSPS) is 22.2. The summed E-state index contributed by atoms with van der Waals surface area (Å²) in [6.45, 7) is 4.83. The van der Waals surface area contributed by atoms with Crippen LogP contribution in [0.4, 0.5) is 0 Å².